The van der Waals surface area contributed by atoms with Gasteiger partial charge in [-0.3, -0.25) is 9.80 Å². The first-order valence-electron chi connectivity index (χ1n) is 12.3. The number of hydrogen-bond donors (Lipinski definition) is 2. The molecule has 1 aromatic carbocycles. The van der Waals surface area contributed by atoms with Gasteiger partial charge in [0.2, 0.25) is 0 Å². The number of aliphatic carboxylic acids is 2. The van der Waals surface area contributed by atoms with E-state index >= 15 is 0 Å². The summed E-state index contributed by atoms with van der Waals surface area (Å²) in [5, 5.41) is 14.2. The SMILES string of the molecule is Cc1ccc(CN2CCC3(CC2)CCN(C2CCOCC2)C3)cc1.O=C(O)C(F)(F)F.O=C(O)C(F)(F)F. The minimum atomic E-state index is -5.08. The number of ether oxygens (including phenoxy) is 1. The first-order valence-corrected chi connectivity index (χ1v) is 12.3. The minimum Gasteiger partial charge on any atom is -0.475 e. The van der Waals surface area contributed by atoms with E-state index in [0.29, 0.717) is 5.41 Å². The largest absolute Gasteiger partial charge is 0.490 e. The molecular weight excluding hydrogens is 522 g/mol. The first kappa shape index (κ1) is 31.8. The van der Waals surface area contributed by atoms with Crippen LogP contribution < -0.4 is 0 Å². The molecule has 0 aliphatic carbocycles. The predicted molar refractivity (Wildman–Crippen MR) is 126 cm³/mol. The number of benzene rings is 1. The van der Waals surface area contributed by atoms with Crippen LogP contribution in [0.5, 0.6) is 0 Å². The Morgan fingerprint density at radius 3 is 1.79 bits per heavy atom. The average molecular weight is 557 g/mol. The third-order valence-electron chi connectivity index (χ3n) is 7.10. The Hall–Kier alpha value is -2.38. The van der Waals surface area contributed by atoms with Crippen LogP contribution >= 0.6 is 0 Å². The van der Waals surface area contributed by atoms with Gasteiger partial charge in [-0.05, 0) is 69.6 Å². The molecule has 3 aliphatic heterocycles. The number of hydrogen-bond acceptors (Lipinski definition) is 5. The number of aryl methyl sites for hydroxylation is 1. The van der Waals surface area contributed by atoms with E-state index in [0.717, 1.165) is 25.8 Å². The number of likely N-dealkylation sites (tertiary alicyclic amines) is 2. The van der Waals surface area contributed by atoms with E-state index in [-0.39, 0.29) is 0 Å². The third kappa shape index (κ3) is 10.4. The number of carboxylic acid groups (broad SMARTS) is 2. The fraction of sp³-hybridized carbons (Fsp3) is 0.680. The summed E-state index contributed by atoms with van der Waals surface area (Å²) in [4.78, 5) is 23.2. The zero-order valence-corrected chi connectivity index (χ0v) is 21.2. The second-order valence-electron chi connectivity index (χ2n) is 9.93. The maximum Gasteiger partial charge on any atom is 0.490 e. The number of halogens is 6. The van der Waals surface area contributed by atoms with Gasteiger partial charge in [-0.2, -0.15) is 26.3 Å². The number of piperidine rings is 1. The third-order valence-corrected chi connectivity index (χ3v) is 7.10. The smallest absolute Gasteiger partial charge is 0.475 e. The molecule has 0 aromatic heterocycles. The summed E-state index contributed by atoms with van der Waals surface area (Å²) >= 11 is 0. The van der Waals surface area contributed by atoms with E-state index in [2.05, 4.69) is 41.0 Å². The van der Waals surface area contributed by atoms with Crippen LogP contribution in [-0.4, -0.2) is 89.7 Å². The highest BCUT2D eigenvalue weighted by atomic mass is 19.4. The fourth-order valence-corrected chi connectivity index (χ4v) is 4.88. The van der Waals surface area contributed by atoms with Crippen molar-refractivity contribution in [1.82, 2.24) is 9.80 Å². The summed E-state index contributed by atoms with van der Waals surface area (Å²) in [5.74, 6) is -5.51. The van der Waals surface area contributed by atoms with E-state index in [1.54, 1.807) is 0 Å². The number of rotatable bonds is 3. The van der Waals surface area contributed by atoms with Crippen LogP contribution in [0.1, 0.15) is 43.2 Å². The van der Waals surface area contributed by atoms with E-state index in [9.17, 15) is 26.3 Å². The van der Waals surface area contributed by atoms with Gasteiger partial charge in [0.05, 0.1) is 0 Å². The van der Waals surface area contributed by atoms with E-state index in [4.69, 9.17) is 24.5 Å². The summed E-state index contributed by atoms with van der Waals surface area (Å²) < 4.78 is 69.0. The molecule has 0 amide bonds. The molecule has 0 atom stereocenters. The quantitative estimate of drug-likeness (QED) is 0.521. The van der Waals surface area contributed by atoms with Crippen LogP contribution in [0.25, 0.3) is 0 Å². The molecule has 3 fully saturated rings. The van der Waals surface area contributed by atoms with Crippen molar-refractivity contribution >= 4 is 11.9 Å². The lowest BCUT2D eigenvalue weighted by Crippen LogP contribution is -2.43. The van der Waals surface area contributed by atoms with Crippen LogP contribution in [0.15, 0.2) is 24.3 Å². The molecule has 0 bridgehead atoms. The number of nitrogens with zero attached hydrogens (tertiary/aromatic N) is 2. The molecule has 3 saturated heterocycles. The minimum absolute atomic E-state index is 0.613. The molecule has 1 spiro atoms. The van der Waals surface area contributed by atoms with E-state index < -0.39 is 24.3 Å². The van der Waals surface area contributed by atoms with Crippen LogP contribution in [-0.2, 0) is 20.9 Å². The van der Waals surface area contributed by atoms with Gasteiger partial charge in [0.25, 0.3) is 0 Å². The van der Waals surface area contributed by atoms with Crippen LogP contribution in [0.3, 0.4) is 0 Å². The molecule has 216 valence electrons. The fourth-order valence-electron chi connectivity index (χ4n) is 4.88. The molecule has 0 saturated carbocycles. The van der Waals surface area contributed by atoms with Crippen LogP contribution in [0.2, 0.25) is 0 Å². The summed E-state index contributed by atoms with van der Waals surface area (Å²) in [7, 11) is 0. The van der Waals surface area contributed by atoms with E-state index in [1.807, 2.05) is 0 Å². The van der Waals surface area contributed by atoms with Gasteiger partial charge in [0, 0.05) is 32.3 Å². The Balaban J connectivity index is 0.000000301. The maximum absolute atomic E-state index is 10.6. The molecule has 4 rings (SSSR count). The van der Waals surface area contributed by atoms with Crippen molar-refractivity contribution in [2.75, 3.05) is 39.4 Å². The van der Waals surface area contributed by atoms with Gasteiger partial charge in [-0.25, -0.2) is 9.59 Å². The molecule has 38 heavy (non-hydrogen) atoms. The van der Waals surface area contributed by atoms with Crippen molar-refractivity contribution in [3.63, 3.8) is 0 Å². The Labute approximate surface area is 217 Å². The monoisotopic (exact) mass is 556 g/mol. The number of carboxylic acids is 2. The molecule has 3 aliphatic rings. The predicted octanol–water partition coefficient (Wildman–Crippen LogP) is 4.73. The summed E-state index contributed by atoms with van der Waals surface area (Å²) in [6, 6.07) is 9.86. The highest BCUT2D eigenvalue weighted by Gasteiger charge is 2.42. The first-order chi connectivity index (χ1) is 17.6. The van der Waals surface area contributed by atoms with Gasteiger partial charge in [-0.1, -0.05) is 29.8 Å². The lowest BCUT2D eigenvalue weighted by Gasteiger charge is -2.40. The van der Waals surface area contributed by atoms with Crippen LogP contribution in [0, 0.1) is 12.3 Å². The second kappa shape index (κ2) is 13.6. The summed E-state index contributed by atoms with van der Waals surface area (Å²) in [6.07, 6.45) is -3.48. The zero-order chi connectivity index (χ0) is 28.6. The molecule has 2 N–H and O–H groups in total. The van der Waals surface area contributed by atoms with Gasteiger partial charge < -0.3 is 14.9 Å². The second-order valence-corrected chi connectivity index (χ2v) is 9.93. The van der Waals surface area contributed by atoms with Gasteiger partial charge in [0.1, 0.15) is 0 Å². The summed E-state index contributed by atoms with van der Waals surface area (Å²) in [5.41, 5.74) is 3.43. The van der Waals surface area contributed by atoms with Gasteiger partial charge in [0.15, 0.2) is 0 Å². The number of carbonyl (C=O) groups is 2. The molecule has 13 heteroatoms. The highest BCUT2D eigenvalue weighted by molar-refractivity contribution is 5.73. The molecule has 7 nitrogen and oxygen atoms in total. The van der Waals surface area contributed by atoms with Gasteiger partial charge in [-0.15, -0.1) is 0 Å². The van der Waals surface area contributed by atoms with Crippen molar-refractivity contribution in [3.8, 4) is 0 Å². The molecular formula is C25H34F6N2O5. The lowest BCUT2D eigenvalue weighted by atomic mass is 9.77. The average Bonchev–Trinajstić information content (AvgIpc) is 3.26. The van der Waals surface area contributed by atoms with Crippen LogP contribution in [0.4, 0.5) is 26.3 Å². The normalized spacial score (nSPS) is 20.7. The molecule has 0 unspecified atom stereocenters. The topological polar surface area (TPSA) is 90.3 Å². The van der Waals surface area contributed by atoms with Crippen molar-refractivity contribution in [3.05, 3.63) is 35.4 Å². The zero-order valence-electron chi connectivity index (χ0n) is 21.2. The van der Waals surface area contributed by atoms with Crippen molar-refractivity contribution in [1.29, 1.82) is 0 Å². The lowest BCUT2D eigenvalue weighted by molar-refractivity contribution is -0.193. The Morgan fingerprint density at radius 1 is 0.895 bits per heavy atom. The van der Waals surface area contributed by atoms with Crippen molar-refractivity contribution < 1.29 is 50.9 Å². The highest BCUT2D eigenvalue weighted by Crippen LogP contribution is 2.42. The summed E-state index contributed by atoms with van der Waals surface area (Å²) in [6.45, 7) is 10.4. The Morgan fingerprint density at radius 2 is 1.34 bits per heavy atom. The van der Waals surface area contributed by atoms with Crippen molar-refractivity contribution in [2.24, 2.45) is 5.41 Å². The molecule has 0 radical (unpaired) electrons. The molecule has 3 heterocycles. The Kier molecular flexibility index (Phi) is 11.4. The van der Waals surface area contributed by atoms with Crippen molar-refractivity contribution in [2.45, 2.75) is 64.0 Å². The Bertz CT molecular complexity index is 869. The molecule has 1 aromatic rings. The number of alkyl halides is 6. The maximum atomic E-state index is 10.6. The van der Waals surface area contributed by atoms with E-state index in [1.165, 1.54) is 69.4 Å². The standard InChI is InChI=1S/C21H32N2O.2C2HF3O2/c1-18-2-4-19(5-3-18)16-22-11-8-21(9-12-22)10-13-23(17-21)20-6-14-24-15-7-20;2*3-2(4,5)1(6)7/h2-5,20H,6-17H2,1H3;2*(H,6,7). The van der Waals surface area contributed by atoms with Gasteiger partial charge >= 0.3 is 24.3 Å².